The third-order valence-electron chi connectivity index (χ3n) is 4.79. The summed E-state index contributed by atoms with van der Waals surface area (Å²) in [5.74, 6) is 0.349. The number of ether oxygens (including phenoxy) is 1. The molecule has 31 heavy (non-hydrogen) atoms. The van der Waals surface area contributed by atoms with Crippen molar-refractivity contribution in [2.45, 2.75) is 31.5 Å². The minimum atomic E-state index is -3.79. The van der Waals surface area contributed by atoms with Crippen molar-refractivity contribution in [2.24, 2.45) is 4.99 Å². The van der Waals surface area contributed by atoms with Crippen LogP contribution in [0, 0.1) is 0 Å². The number of carbonyl (C=O) groups excluding carboxylic acids is 1. The second kappa shape index (κ2) is 8.47. The third-order valence-corrected chi connectivity index (χ3v) is 5.65. The molecule has 1 N–H and O–H groups in total. The topological polar surface area (TPSA) is 68.5 Å². The van der Waals surface area contributed by atoms with Gasteiger partial charge in [-0.3, -0.25) is 9.79 Å². The minimum Gasteiger partial charge on any atom is -0.420 e. The Labute approximate surface area is 186 Å². The van der Waals surface area contributed by atoms with E-state index in [1.54, 1.807) is 24.2 Å². The van der Waals surface area contributed by atoms with Crippen molar-refractivity contribution < 1.29 is 18.3 Å². The lowest BCUT2D eigenvalue weighted by Crippen LogP contribution is -2.16. The molecule has 3 aromatic rings. The summed E-state index contributed by atoms with van der Waals surface area (Å²) in [5.41, 5.74) is 1.54. The van der Waals surface area contributed by atoms with Crippen LogP contribution in [0.4, 0.5) is 14.5 Å². The zero-order valence-electron chi connectivity index (χ0n) is 16.7. The molecule has 162 valence electrons. The van der Waals surface area contributed by atoms with Crippen LogP contribution in [-0.4, -0.2) is 32.3 Å². The molecular weight excluding hydrogens is 446 g/mol. The van der Waals surface area contributed by atoms with Crippen LogP contribution in [-0.2, 0) is 0 Å². The lowest BCUT2D eigenvalue weighted by atomic mass is 10.0. The highest BCUT2D eigenvalue weighted by Crippen LogP contribution is 2.34. The summed E-state index contributed by atoms with van der Waals surface area (Å²) in [6.07, 6.45) is 1.78. The zero-order chi connectivity index (χ0) is 22.2. The largest absolute Gasteiger partial charge is 0.487 e. The number of aliphatic imine (C=N–C) groups is 1. The quantitative estimate of drug-likeness (QED) is 0.464. The van der Waals surface area contributed by atoms with E-state index in [4.69, 9.17) is 11.6 Å². The van der Waals surface area contributed by atoms with Crippen molar-refractivity contribution in [3.05, 3.63) is 53.9 Å². The van der Waals surface area contributed by atoms with Gasteiger partial charge in [0, 0.05) is 40.2 Å². The molecule has 0 aliphatic carbocycles. The summed E-state index contributed by atoms with van der Waals surface area (Å²) >= 11 is 6.39. The summed E-state index contributed by atoms with van der Waals surface area (Å²) in [5, 5.41) is 2.77. The predicted molar refractivity (Wildman–Crippen MR) is 120 cm³/mol. The summed E-state index contributed by atoms with van der Waals surface area (Å²) in [6.45, 7) is 4.15. The van der Waals surface area contributed by atoms with Crippen LogP contribution >= 0.6 is 23.4 Å². The van der Waals surface area contributed by atoms with E-state index in [2.05, 4.69) is 38.4 Å². The molecule has 0 bridgehead atoms. The molecule has 1 atom stereocenters. The number of imidazole rings is 1. The van der Waals surface area contributed by atoms with Gasteiger partial charge in [-0.05, 0) is 50.2 Å². The number of nitrogens with one attached hydrogen (secondary N) is 1. The van der Waals surface area contributed by atoms with Crippen LogP contribution in [0.25, 0.3) is 11.0 Å². The number of hydrogen-bond donors (Lipinski definition) is 1. The number of nitrogens with zero attached hydrogens (tertiary/aromatic N) is 3. The molecule has 1 aromatic heterocycles. The van der Waals surface area contributed by atoms with Crippen LogP contribution in [0.5, 0.6) is 5.75 Å². The molecule has 4 rings (SSSR count). The first kappa shape index (κ1) is 21.6. The Hall–Kier alpha value is -2.65. The number of amides is 1. The maximum absolute atomic E-state index is 12.9. The number of fused-ring (bicyclic) bond motifs is 1. The van der Waals surface area contributed by atoms with Crippen molar-refractivity contribution in [1.29, 1.82) is 0 Å². The van der Waals surface area contributed by atoms with Gasteiger partial charge in [0.2, 0.25) is 0 Å². The maximum atomic E-state index is 12.9. The van der Waals surface area contributed by atoms with Gasteiger partial charge < -0.3 is 14.6 Å². The smallest absolute Gasteiger partial charge is 0.420 e. The molecule has 0 saturated carbocycles. The molecule has 10 heteroatoms. The highest BCUT2D eigenvalue weighted by molar-refractivity contribution is 8.12. The van der Waals surface area contributed by atoms with Gasteiger partial charge in [0.25, 0.3) is 5.91 Å². The van der Waals surface area contributed by atoms with E-state index >= 15 is 0 Å². The Bertz CT molecular complexity index is 1140. The van der Waals surface area contributed by atoms with Crippen LogP contribution in [0.1, 0.15) is 41.9 Å². The van der Waals surface area contributed by atoms with Gasteiger partial charge in [0.15, 0.2) is 0 Å². The number of alkyl halides is 3. The number of thioether (sulfide) groups is 1. The van der Waals surface area contributed by atoms with Gasteiger partial charge in [-0.2, -0.15) is 0 Å². The van der Waals surface area contributed by atoms with Crippen molar-refractivity contribution >= 4 is 51.5 Å². The third kappa shape index (κ3) is 4.83. The molecule has 2 heterocycles. The highest BCUT2D eigenvalue weighted by atomic mass is 35.5. The van der Waals surface area contributed by atoms with Crippen molar-refractivity contribution in [3.8, 4) is 5.75 Å². The fourth-order valence-corrected chi connectivity index (χ4v) is 4.24. The Morgan fingerprint density at radius 1 is 1.32 bits per heavy atom. The molecule has 0 fully saturated rings. The SMILES string of the molecule is CC(C)n1cnc2cc(C(=O)Nc3ccc(OC(F)(F)Cl)cc3)cc(C3CSC=N3)c21. The zero-order valence-corrected chi connectivity index (χ0v) is 18.3. The van der Waals surface area contributed by atoms with Crippen LogP contribution in [0.2, 0.25) is 0 Å². The van der Waals surface area contributed by atoms with E-state index < -0.39 is 5.57 Å². The number of anilines is 1. The normalized spacial score (nSPS) is 16.3. The molecule has 0 spiro atoms. The Morgan fingerprint density at radius 2 is 2.06 bits per heavy atom. The average Bonchev–Trinajstić information content (AvgIpc) is 3.37. The Morgan fingerprint density at radius 3 is 2.68 bits per heavy atom. The van der Waals surface area contributed by atoms with E-state index in [0.29, 0.717) is 11.3 Å². The van der Waals surface area contributed by atoms with E-state index in [9.17, 15) is 13.6 Å². The fourth-order valence-electron chi connectivity index (χ4n) is 3.39. The van der Waals surface area contributed by atoms with Gasteiger partial charge in [-0.15, -0.1) is 20.5 Å². The van der Waals surface area contributed by atoms with Crippen molar-refractivity contribution in [1.82, 2.24) is 9.55 Å². The summed E-state index contributed by atoms with van der Waals surface area (Å²) in [6, 6.07) is 9.26. The van der Waals surface area contributed by atoms with Crippen molar-refractivity contribution in [2.75, 3.05) is 11.1 Å². The maximum Gasteiger partial charge on any atom is 0.487 e. The second-order valence-corrected chi connectivity index (χ2v) is 8.63. The van der Waals surface area contributed by atoms with E-state index in [1.807, 2.05) is 11.6 Å². The molecule has 0 radical (unpaired) electrons. The van der Waals surface area contributed by atoms with Gasteiger partial charge in [-0.1, -0.05) is 0 Å². The molecule has 2 aromatic carbocycles. The summed E-state index contributed by atoms with van der Waals surface area (Å²) in [4.78, 5) is 21.9. The van der Waals surface area contributed by atoms with E-state index in [1.165, 1.54) is 24.3 Å². The summed E-state index contributed by atoms with van der Waals surface area (Å²) < 4.78 is 31.8. The molecule has 0 saturated heterocycles. The first-order chi connectivity index (χ1) is 14.7. The van der Waals surface area contributed by atoms with Crippen molar-refractivity contribution in [3.63, 3.8) is 0 Å². The molecule has 1 unspecified atom stereocenters. The van der Waals surface area contributed by atoms with Gasteiger partial charge in [0.05, 0.1) is 28.9 Å². The molecule has 6 nitrogen and oxygen atoms in total. The number of carbonyl (C=O) groups is 1. The molecule has 1 amide bonds. The van der Waals surface area contributed by atoms with Gasteiger partial charge in [-0.25, -0.2) is 4.98 Å². The average molecular weight is 465 g/mol. The van der Waals surface area contributed by atoms with Gasteiger partial charge in [0.1, 0.15) is 5.75 Å². The highest BCUT2D eigenvalue weighted by Gasteiger charge is 2.27. The monoisotopic (exact) mass is 464 g/mol. The molecule has 1 aliphatic heterocycles. The minimum absolute atomic E-state index is 0.0527. The second-order valence-electron chi connectivity index (χ2n) is 7.31. The first-order valence-electron chi connectivity index (χ1n) is 9.52. The number of hydrogen-bond acceptors (Lipinski definition) is 5. The summed E-state index contributed by atoms with van der Waals surface area (Å²) in [7, 11) is 0. The van der Waals surface area contributed by atoms with Crippen LogP contribution in [0.3, 0.4) is 0 Å². The lowest BCUT2D eigenvalue weighted by Gasteiger charge is -2.16. The number of aromatic nitrogens is 2. The van der Waals surface area contributed by atoms with Gasteiger partial charge >= 0.3 is 5.57 Å². The lowest BCUT2D eigenvalue weighted by molar-refractivity contribution is -0.0964. The standard InChI is InChI=1S/C21H19ClF2N4O2S/c1-12(2)28-10-25-17-8-13(7-16(19(17)28)18-9-31-11-26-18)20(29)27-14-3-5-15(6-4-14)30-21(22,23)24/h3-8,10-12,18H,9H2,1-2H3,(H,27,29). The molecule has 1 aliphatic rings. The van der Waals surface area contributed by atoms with E-state index in [0.717, 1.165) is 22.3 Å². The predicted octanol–water partition coefficient (Wildman–Crippen LogP) is 5.85. The van der Waals surface area contributed by atoms with Crippen LogP contribution in [0.15, 0.2) is 47.7 Å². The molecular formula is C21H19ClF2N4O2S. The van der Waals surface area contributed by atoms with Crippen LogP contribution < -0.4 is 10.1 Å². The number of rotatable bonds is 6. The first-order valence-corrected chi connectivity index (χ1v) is 10.9. The van der Waals surface area contributed by atoms with E-state index in [-0.39, 0.29) is 23.7 Å². The fraction of sp³-hybridized carbons (Fsp3) is 0.286. The number of halogens is 3. The number of benzene rings is 2. The Kier molecular flexibility index (Phi) is 5.90. The Balaban J connectivity index is 1.63.